The van der Waals surface area contributed by atoms with Crippen LogP contribution in [0.15, 0.2) is 17.5 Å². The Morgan fingerprint density at radius 1 is 1.47 bits per heavy atom. The van der Waals surface area contributed by atoms with Gasteiger partial charge in [-0.25, -0.2) is 0 Å². The van der Waals surface area contributed by atoms with Crippen LogP contribution in [0.25, 0.3) is 0 Å². The lowest BCUT2D eigenvalue weighted by Gasteiger charge is -2.42. The average Bonchev–Trinajstić information content (AvgIpc) is 2.97. The summed E-state index contributed by atoms with van der Waals surface area (Å²) >= 11 is 1.84. The predicted octanol–water partition coefficient (Wildman–Crippen LogP) is 2.85. The largest absolute Gasteiger partial charge is 0.381 e. The zero-order valence-electron chi connectivity index (χ0n) is 12.0. The van der Waals surface area contributed by atoms with Crippen molar-refractivity contribution in [2.75, 3.05) is 26.9 Å². The van der Waals surface area contributed by atoms with Crippen molar-refractivity contribution in [2.24, 2.45) is 0 Å². The molecule has 2 heterocycles. The number of hydrogen-bond acceptors (Lipinski definition) is 4. The lowest BCUT2D eigenvalue weighted by molar-refractivity contribution is -0.111. The van der Waals surface area contributed by atoms with E-state index < -0.39 is 0 Å². The standard InChI is InChI=1S/C15H25NO2S/c1-3-16-14(7-6-13-5-4-12-19-13)15(17-2)8-10-18-11-9-15/h4-5,12,14,16H,3,6-11H2,1-2H3. The lowest BCUT2D eigenvalue weighted by Crippen LogP contribution is -2.55. The van der Waals surface area contributed by atoms with Gasteiger partial charge in [-0.15, -0.1) is 11.3 Å². The second kappa shape index (κ2) is 7.39. The van der Waals surface area contributed by atoms with Gasteiger partial charge in [-0.05, 0) is 30.8 Å². The number of methoxy groups -OCH3 is 1. The minimum Gasteiger partial charge on any atom is -0.381 e. The number of ether oxygens (including phenoxy) is 2. The molecule has 0 radical (unpaired) electrons. The monoisotopic (exact) mass is 283 g/mol. The van der Waals surface area contributed by atoms with Crippen LogP contribution in [-0.2, 0) is 15.9 Å². The zero-order chi connectivity index (χ0) is 13.6. The lowest BCUT2D eigenvalue weighted by atomic mass is 9.83. The van der Waals surface area contributed by atoms with Gasteiger partial charge in [0.15, 0.2) is 0 Å². The smallest absolute Gasteiger partial charge is 0.0874 e. The summed E-state index contributed by atoms with van der Waals surface area (Å²) in [6.07, 6.45) is 4.24. The second-order valence-electron chi connectivity index (χ2n) is 5.11. The van der Waals surface area contributed by atoms with Crippen LogP contribution in [-0.4, -0.2) is 38.5 Å². The first kappa shape index (κ1) is 15.0. The van der Waals surface area contributed by atoms with Gasteiger partial charge < -0.3 is 14.8 Å². The molecule has 0 aromatic carbocycles. The first-order valence-corrected chi connectivity index (χ1v) is 8.07. The Morgan fingerprint density at radius 3 is 2.84 bits per heavy atom. The highest BCUT2D eigenvalue weighted by molar-refractivity contribution is 7.09. The molecule has 0 bridgehead atoms. The Morgan fingerprint density at radius 2 is 2.26 bits per heavy atom. The number of hydrogen-bond donors (Lipinski definition) is 1. The molecule has 1 N–H and O–H groups in total. The van der Waals surface area contributed by atoms with E-state index in [-0.39, 0.29) is 5.60 Å². The van der Waals surface area contributed by atoms with Gasteiger partial charge in [0.25, 0.3) is 0 Å². The van der Waals surface area contributed by atoms with Crippen molar-refractivity contribution in [2.45, 2.75) is 44.2 Å². The molecule has 1 aliphatic rings. The number of nitrogens with one attached hydrogen (secondary N) is 1. The molecule has 0 amide bonds. The van der Waals surface area contributed by atoms with Crippen molar-refractivity contribution in [3.05, 3.63) is 22.4 Å². The summed E-state index contributed by atoms with van der Waals surface area (Å²) in [6, 6.07) is 4.76. The third-order valence-electron chi connectivity index (χ3n) is 4.09. The van der Waals surface area contributed by atoms with Crippen LogP contribution >= 0.6 is 11.3 Å². The number of thiophene rings is 1. The number of likely N-dealkylation sites (N-methyl/N-ethyl adjacent to an activating group) is 1. The van der Waals surface area contributed by atoms with E-state index in [1.807, 2.05) is 18.4 Å². The van der Waals surface area contributed by atoms with Crippen LogP contribution in [0.5, 0.6) is 0 Å². The Kier molecular flexibility index (Phi) is 5.82. The topological polar surface area (TPSA) is 30.5 Å². The van der Waals surface area contributed by atoms with Crippen molar-refractivity contribution in [1.29, 1.82) is 0 Å². The maximum atomic E-state index is 5.92. The summed E-state index contributed by atoms with van der Waals surface area (Å²) in [5.74, 6) is 0. The van der Waals surface area contributed by atoms with Crippen LogP contribution in [0, 0.1) is 0 Å². The van der Waals surface area contributed by atoms with Gasteiger partial charge in [0, 0.05) is 44.1 Å². The van der Waals surface area contributed by atoms with Crippen molar-refractivity contribution in [3.8, 4) is 0 Å². The molecule has 1 saturated heterocycles. The molecule has 3 nitrogen and oxygen atoms in total. The summed E-state index contributed by atoms with van der Waals surface area (Å²) in [5.41, 5.74) is -0.0501. The van der Waals surface area contributed by atoms with Crippen LogP contribution in [0.4, 0.5) is 0 Å². The molecule has 0 aliphatic carbocycles. The molecule has 108 valence electrons. The van der Waals surface area contributed by atoms with Crippen molar-refractivity contribution < 1.29 is 9.47 Å². The summed E-state index contributed by atoms with van der Waals surface area (Å²) < 4.78 is 11.4. The van der Waals surface area contributed by atoms with Gasteiger partial charge in [-0.2, -0.15) is 0 Å². The molecule has 4 heteroatoms. The van der Waals surface area contributed by atoms with E-state index in [4.69, 9.17) is 9.47 Å². The number of rotatable bonds is 7. The molecule has 0 saturated carbocycles. The quantitative estimate of drug-likeness (QED) is 0.834. The van der Waals surface area contributed by atoms with E-state index in [9.17, 15) is 0 Å². The fourth-order valence-electron chi connectivity index (χ4n) is 2.95. The van der Waals surface area contributed by atoms with Crippen LogP contribution in [0.1, 0.15) is 31.1 Å². The van der Waals surface area contributed by atoms with E-state index in [1.54, 1.807) is 0 Å². The van der Waals surface area contributed by atoms with E-state index in [1.165, 1.54) is 4.88 Å². The first-order chi connectivity index (χ1) is 9.30. The van der Waals surface area contributed by atoms with E-state index in [0.717, 1.165) is 45.4 Å². The molecular formula is C15H25NO2S. The molecule has 1 aromatic heterocycles. The van der Waals surface area contributed by atoms with Gasteiger partial charge >= 0.3 is 0 Å². The van der Waals surface area contributed by atoms with Crippen molar-refractivity contribution in [1.82, 2.24) is 5.32 Å². The maximum Gasteiger partial charge on any atom is 0.0874 e. The Bertz CT molecular complexity index is 347. The van der Waals surface area contributed by atoms with E-state index >= 15 is 0 Å². The van der Waals surface area contributed by atoms with Gasteiger partial charge in [0.1, 0.15) is 0 Å². The normalized spacial score (nSPS) is 20.3. The summed E-state index contributed by atoms with van der Waals surface area (Å²) in [5, 5.41) is 5.78. The predicted molar refractivity (Wildman–Crippen MR) is 79.9 cm³/mol. The minimum absolute atomic E-state index is 0.0501. The zero-order valence-corrected chi connectivity index (χ0v) is 12.8. The van der Waals surface area contributed by atoms with Crippen molar-refractivity contribution in [3.63, 3.8) is 0 Å². The fraction of sp³-hybridized carbons (Fsp3) is 0.733. The Labute approximate surface area is 120 Å². The third kappa shape index (κ3) is 3.78. The molecule has 1 aromatic rings. The maximum absolute atomic E-state index is 5.92. The SMILES string of the molecule is CCNC(CCc1cccs1)C1(OC)CCOCC1. The fourth-order valence-corrected chi connectivity index (χ4v) is 3.68. The molecular weight excluding hydrogens is 258 g/mol. The van der Waals surface area contributed by atoms with Crippen LogP contribution in [0.2, 0.25) is 0 Å². The summed E-state index contributed by atoms with van der Waals surface area (Å²) in [4.78, 5) is 1.46. The summed E-state index contributed by atoms with van der Waals surface area (Å²) in [6.45, 7) is 4.78. The third-order valence-corrected chi connectivity index (χ3v) is 5.03. The van der Waals surface area contributed by atoms with Gasteiger partial charge in [-0.3, -0.25) is 0 Å². The Hall–Kier alpha value is -0.420. The van der Waals surface area contributed by atoms with Crippen molar-refractivity contribution >= 4 is 11.3 Å². The highest BCUT2D eigenvalue weighted by Crippen LogP contribution is 2.31. The van der Waals surface area contributed by atoms with E-state index in [0.29, 0.717) is 6.04 Å². The average molecular weight is 283 g/mol. The van der Waals surface area contributed by atoms with Crippen LogP contribution in [0.3, 0.4) is 0 Å². The van der Waals surface area contributed by atoms with Gasteiger partial charge in [0.05, 0.1) is 5.60 Å². The highest BCUT2D eigenvalue weighted by atomic mass is 32.1. The molecule has 19 heavy (non-hydrogen) atoms. The number of aryl methyl sites for hydroxylation is 1. The summed E-state index contributed by atoms with van der Waals surface area (Å²) in [7, 11) is 1.85. The molecule has 2 rings (SSSR count). The van der Waals surface area contributed by atoms with Crippen LogP contribution < -0.4 is 5.32 Å². The molecule has 1 atom stereocenters. The molecule has 1 aliphatic heterocycles. The molecule has 0 spiro atoms. The molecule has 1 unspecified atom stereocenters. The Balaban J connectivity index is 2.00. The minimum atomic E-state index is -0.0501. The highest BCUT2D eigenvalue weighted by Gasteiger charge is 2.39. The second-order valence-corrected chi connectivity index (χ2v) is 6.14. The van der Waals surface area contributed by atoms with Gasteiger partial charge in [-0.1, -0.05) is 13.0 Å². The van der Waals surface area contributed by atoms with E-state index in [2.05, 4.69) is 29.8 Å². The first-order valence-electron chi connectivity index (χ1n) is 7.19. The molecule has 1 fully saturated rings. The van der Waals surface area contributed by atoms with Gasteiger partial charge in [0.2, 0.25) is 0 Å².